The van der Waals surface area contributed by atoms with E-state index in [2.05, 4.69) is 17.6 Å². The first-order valence-corrected chi connectivity index (χ1v) is 9.61. The van der Waals surface area contributed by atoms with Gasteiger partial charge >= 0.3 is 0 Å². The summed E-state index contributed by atoms with van der Waals surface area (Å²) in [5, 5.41) is 5.95. The number of halogens is 1. The summed E-state index contributed by atoms with van der Waals surface area (Å²) in [6.45, 7) is 3.28. The van der Waals surface area contributed by atoms with Crippen LogP contribution in [0.15, 0.2) is 12.1 Å². The zero-order chi connectivity index (χ0) is 16.7. The molecule has 23 heavy (non-hydrogen) atoms. The Morgan fingerprint density at radius 2 is 1.83 bits per heavy atom. The van der Waals surface area contributed by atoms with Gasteiger partial charge in [0.05, 0.1) is 10.9 Å². The number of unbranched alkanes of at least 4 members (excludes halogenated alkanes) is 1. The van der Waals surface area contributed by atoms with Gasteiger partial charge in [0.1, 0.15) is 0 Å². The fourth-order valence-corrected chi connectivity index (χ4v) is 4.06. The van der Waals surface area contributed by atoms with Gasteiger partial charge in [-0.2, -0.15) is 0 Å². The highest BCUT2D eigenvalue weighted by molar-refractivity contribution is 7.16. The number of amides is 2. The number of hydrogen-bond acceptors (Lipinski definition) is 3. The van der Waals surface area contributed by atoms with Crippen molar-refractivity contribution < 1.29 is 9.59 Å². The molecule has 1 aromatic heterocycles. The maximum Gasteiger partial charge on any atom is 0.224 e. The third-order valence-electron chi connectivity index (χ3n) is 4.33. The molecule has 0 saturated heterocycles. The minimum absolute atomic E-state index is 0.00939. The van der Waals surface area contributed by atoms with Crippen LogP contribution in [-0.4, -0.2) is 18.4 Å². The van der Waals surface area contributed by atoms with Gasteiger partial charge < -0.3 is 10.6 Å². The van der Waals surface area contributed by atoms with Crippen LogP contribution in [-0.2, 0) is 16.1 Å². The first kappa shape index (κ1) is 18.3. The zero-order valence-corrected chi connectivity index (χ0v) is 15.1. The van der Waals surface area contributed by atoms with Crippen LogP contribution in [0.1, 0.15) is 50.3 Å². The first-order chi connectivity index (χ1) is 11.1. The molecule has 0 spiro atoms. The van der Waals surface area contributed by atoms with Gasteiger partial charge in [-0.05, 0) is 31.4 Å². The maximum atomic E-state index is 12.5. The Morgan fingerprint density at radius 3 is 2.39 bits per heavy atom. The molecule has 2 N–H and O–H groups in total. The molecule has 1 aromatic rings. The van der Waals surface area contributed by atoms with Gasteiger partial charge in [0.2, 0.25) is 11.8 Å². The second kappa shape index (κ2) is 9.28. The normalized spacial score (nSPS) is 21.0. The van der Waals surface area contributed by atoms with Crippen LogP contribution >= 0.6 is 22.9 Å². The lowest BCUT2D eigenvalue weighted by molar-refractivity contribution is -0.136. The molecule has 0 bridgehead atoms. The first-order valence-electron chi connectivity index (χ1n) is 8.41. The highest BCUT2D eigenvalue weighted by Crippen LogP contribution is 2.30. The van der Waals surface area contributed by atoms with Crippen molar-refractivity contribution in [3.05, 3.63) is 21.3 Å². The van der Waals surface area contributed by atoms with Crippen LogP contribution in [0.25, 0.3) is 0 Å². The topological polar surface area (TPSA) is 58.2 Å². The van der Waals surface area contributed by atoms with Crippen LogP contribution in [0.2, 0.25) is 4.34 Å². The second-order valence-electron chi connectivity index (χ2n) is 6.07. The van der Waals surface area contributed by atoms with Crippen molar-refractivity contribution >= 4 is 34.8 Å². The summed E-state index contributed by atoms with van der Waals surface area (Å²) in [5.41, 5.74) is 0. The third kappa shape index (κ3) is 5.50. The lowest BCUT2D eigenvalue weighted by Crippen LogP contribution is -2.43. The molecule has 2 amide bonds. The Bertz CT molecular complexity index is 532. The molecule has 1 aliphatic rings. The minimum Gasteiger partial charge on any atom is -0.356 e. The lowest BCUT2D eigenvalue weighted by atomic mass is 9.78. The molecule has 1 heterocycles. The summed E-state index contributed by atoms with van der Waals surface area (Å²) in [6, 6.07) is 3.75. The van der Waals surface area contributed by atoms with E-state index in [1.807, 2.05) is 12.1 Å². The number of thiophene rings is 1. The van der Waals surface area contributed by atoms with Crippen LogP contribution < -0.4 is 10.6 Å². The van der Waals surface area contributed by atoms with E-state index in [1.165, 1.54) is 11.3 Å². The molecule has 128 valence electrons. The molecule has 0 radical (unpaired) electrons. The van der Waals surface area contributed by atoms with Gasteiger partial charge in [0.15, 0.2) is 0 Å². The predicted molar refractivity (Wildman–Crippen MR) is 94.5 cm³/mol. The molecule has 0 unspecified atom stereocenters. The van der Waals surface area contributed by atoms with Gasteiger partial charge in [0, 0.05) is 23.3 Å². The number of carbonyl (C=O) groups excluding carboxylic acids is 2. The van der Waals surface area contributed by atoms with Crippen LogP contribution in [0.5, 0.6) is 0 Å². The van der Waals surface area contributed by atoms with Gasteiger partial charge in [-0.15, -0.1) is 11.3 Å². The fourth-order valence-electron chi connectivity index (χ4n) is 3.03. The van der Waals surface area contributed by atoms with Crippen molar-refractivity contribution in [3.63, 3.8) is 0 Å². The van der Waals surface area contributed by atoms with Crippen molar-refractivity contribution in [1.82, 2.24) is 10.6 Å². The van der Waals surface area contributed by atoms with E-state index in [-0.39, 0.29) is 23.7 Å². The number of hydrogen-bond donors (Lipinski definition) is 2. The van der Waals surface area contributed by atoms with Crippen LogP contribution in [0, 0.1) is 11.8 Å². The fraction of sp³-hybridized carbons (Fsp3) is 0.647. The van der Waals surface area contributed by atoms with Gasteiger partial charge in [-0.3, -0.25) is 9.59 Å². The van der Waals surface area contributed by atoms with Crippen molar-refractivity contribution in [3.8, 4) is 0 Å². The highest BCUT2D eigenvalue weighted by Gasteiger charge is 2.35. The van der Waals surface area contributed by atoms with E-state index in [1.54, 1.807) is 0 Å². The molecule has 4 nitrogen and oxygen atoms in total. The summed E-state index contributed by atoms with van der Waals surface area (Å²) in [6.07, 6.45) is 5.67. The summed E-state index contributed by atoms with van der Waals surface area (Å²) in [5.74, 6) is -0.365. The number of carbonyl (C=O) groups is 2. The maximum absolute atomic E-state index is 12.5. The molecule has 1 saturated carbocycles. The average Bonchev–Trinajstić information content (AvgIpc) is 2.98. The van der Waals surface area contributed by atoms with E-state index in [0.717, 1.165) is 47.7 Å². The van der Waals surface area contributed by atoms with E-state index in [9.17, 15) is 9.59 Å². The smallest absolute Gasteiger partial charge is 0.224 e. The largest absolute Gasteiger partial charge is 0.356 e. The van der Waals surface area contributed by atoms with Crippen LogP contribution in [0.3, 0.4) is 0 Å². The van der Waals surface area contributed by atoms with E-state index in [4.69, 9.17) is 11.6 Å². The predicted octanol–water partition coefficient (Wildman–Crippen LogP) is 3.74. The molecule has 2 rings (SSSR count). The van der Waals surface area contributed by atoms with Gasteiger partial charge in [0.25, 0.3) is 0 Å². The summed E-state index contributed by atoms with van der Waals surface area (Å²) in [4.78, 5) is 25.9. The van der Waals surface area contributed by atoms with E-state index < -0.39 is 0 Å². The molecule has 2 atom stereocenters. The van der Waals surface area contributed by atoms with Gasteiger partial charge in [-0.25, -0.2) is 0 Å². The van der Waals surface area contributed by atoms with E-state index in [0.29, 0.717) is 13.1 Å². The average molecular weight is 357 g/mol. The monoisotopic (exact) mass is 356 g/mol. The van der Waals surface area contributed by atoms with Crippen molar-refractivity contribution in [2.45, 2.75) is 52.0 Å². The van der Waals surface area contributed by atoms with Crippen molar-refractivity contribution in [2.24, 2.45) is 11.8 Å². The number of rotatable bonds is 7. The Labute approximate surface area is 147 Å². The Hall–Kier alpha value is -1.07. The second-order valence-corrected chi connectivity index (χ2v) is 7.87. The molecule has 1 aliphatic carbocycles. The standard InChI is InChI=1S/C17H25ClN2O2S/c1-2-3-10-19-16(21)13-6-4-5-7-14(13)17(22)20-11-12-8-9-15(18)23-12/h8-9,13-14H,2-7,10-11H2,1H3,(H,19,21)(H,20,22)/t13-,14+/m1/s1. The Kier molecular flexibility index (Phi) is 7.37. The quantitative estimate of drug-likeness (QED) is 0.731. The Morgan fingerprint density at radius 1 is 1.17 bits per heavy atom. The van der Waals surface area contributed by atoms with E-state index >= 15 is 0 Å². The zero-order valence-electron chi connectivity index (χ0n) is 13.6. The molecular formula is C17H25ClN2O2S. The minimum atomic E-state index is -0.208. The summed E-state index contributed by atoms with van der Waals surface area (Å²) >= 11 is 7.37. The van der Waals surface area contributed by atoms with Gasteiger partial charge in [-0.1, -0.05) is 37.8 Å². The molecule has 6 heteroatoms. The summed E-state index contributed by atoms with van der Waals surface area (Å²) < 4.78 is 0.722. The highest BCUT2D eigenvalue weighted by atomic mass is 35.5. The lowest BCUT2D eigenvalue weighted by Gasteiger charge is -2.29. The molecule has 0 aromatic carbocycles. The molecule has 1 fully saturated rings. The summed E-state index contributed by atoms with van der Waals surface area (Å²) in [7, 11) is 0. The number of nitrogens with one attached hydrogen (secondary N) is 2. The van der Waals surface area contributed by atoms with Crippen LogP contribution in [0.4, 0.5) is 0 Å². The molecular weight excluding hydrogens is 332 g/mol. The molecule has 0 aliphatic heterocycles. The Balaban J connectivity index is 1.88. The van der Waals surface area contributed by atoms with Crippen molar-refractivity contribution in [1.29, 1.82) is 0 Å². The van der Waals surface area contributed by atoms with Crippen molar-refractivity contribution in [2.75, 3.05) is 6.54 Å². The SMILES string of the molecule is CCCCNC(=O)[C@@H]1CCCC[C@@H]1C(=O)NCc1ccc(Cl)s1. The third-order valence-corrected chi connectivity index (χ3v) is 5.57.